The number of rotatable bonds is 4. The van der Waals surface area contributed by atoms with Crippen LogP contribution in [0.5, 0.6) is 0 Å². The van der Waals surface area contributed by atoms with Gasteiger partial charge in [-0.2, -0.15) is 5.10 Å². The van der Waals surface area contributed by atoms with Crippen LogP contribution in [0.3, 0.4) is 0 Å². The topological polar surface area (TPSA) is 84.2 Å². The van der Waals surface area contributed by atoms with Crippen molar-refractivity contribution in [3.8, 4) is 5.69 Å². The van der Waals surface area contributed by atoms with Gasteiger partial charge >= 0.3 is 5.97 Å². The van der Waals surface area contributed by atoms with E-state index in [1.807, 2.05) is 19.2 Å². The van der Waals surface area contributed by atoms with Crippen LogP contribution >= 0.6 is 0 Å². The second-order valence-electron chi connectivity index (χ2n) is 5.33. The molecule has 0 radical (unpaired) electrons. The van der Waals surface area contributed by atoms with Crippen molar-refractivity contribution in [1.82, 2.24) is 15.1 Å². The van der Waals surface area contributed by atoms with E-state index in [9.17, 15) is 9.59 Å². The van der Waals surface area contributed by atoms with Crippen molar-refractivity contribution in [2.75, 3.05) is 0 Å². The van der Waals surface area contributed by atoms with Crippen molar-refractivity contribution in [2.24, 2.45) is 0 Å². The van der Waals surface area contributed by atoms with Gasteiger partial charge < -0.3 is 10.4 Å². The summed E-state index contributed by atoms with van der Waals surface area (Å²) in [5, 5.41) is 15.8. The van der Waals surface area contributed by atoms with Gasteiger partial charge in [-0.05, 0) is 51.1 Å². The molecule has 21 heavy (non-hydrogen) atoms. The molecule has 110 valence electrons. The first-order valence-electron chi connectivity index (χ1n) is 6.48. The number of carbonyl (C=O) groups is 2. The molecule has 0 aliphatic heterocycles. The van der Waals surface area contributed by atoms with Crippen LogP contribution in [0.1, 0.15) is 29.9 Å². The quantitative estimate of drug-likeness (QED) is 0.897. The number of aromatic nitrogens is 2. The van der Waals surface area contributed by atoms with Gasteiger partial charge in [-0.25, -0.2) is 9.48 Å². The van der Waals surface area contributed by atoms with E-state index >= 15 is 0 Å². The fraction of sp³-hybridized carbons (Fsp3) is 0.267. The second-order valence-corrected chi connectivity index (χ2v) is 5.33. The summed E-state index contributed by atoms with van der Waals surface area (Å²) >= 11 is 0. The summed E-state index contributed by atoms with van der Waals surface area (Å²) in [6.45, 7) is 4.77. The molecule has 2 aromatic rings. The summed E-state index contributed by atoms with van der Waals surface area (Å²) in [7, 11) is 0. The Morgan fingerprint density at radius 3 is 2.29 bits per heavy atom. The molecule has 2 rings (SSSR count). The molecule has 0 fully saturated rings. The Bertz CT molecular complexity index is 672. The molecule has 0 spiro atoms. The van der Waals surface area contributed by atoms with Crippen LogP contribution in [0.4, 0.5) is 0 Å². The number of carbonyl (C=O) groups excluding carboxylic acids is 1. The Morgan fingerprint density at radius 2 is 1.81 bits per heavy atom. The van der Waals surface area contributed by atoms with Crippen LogP contribution in [0.2, 0.25) is 0 Å². The summed E-state index contributed by atoms with van der Waals surface area (Å²) < 4.78 is 1.71. The number of benzene rings is 1. The highest BCUT2D eigenvalue weighted by molar-refractivity contribution is 5.97. The second kappa shape index (κ2) is 5.40. The monoisotopic (exact) mass is 287 g/mol. The van der Waals surface area contributed by atoms with Crippen LogP contribution in [-0.4, -0.2) is 32.3 Å². The molecular formula is C15H17N3O3. The van der Waals surface area contributed by atoms with Gasteiger partial charge in [0.25, 0.3) is 5.91 Å². The number of nitrogens with one attached hydrogen (secondary N) is 1. The molecule has 1 aromatic heterocycles. The molecule has 0 atom stereocenters. The standard InChI is InChI=1S/C15H17N3O3/c1-10-8-9-18(17-10)12-6-4-11(5-7-12)13(19)16-15(2,3)14(20)21/h4-9H,1-3H3,(H,16,19)(H,20,21). The lowest BCUT2D eigenvalue weighted by atomic mass is 10.1. The molecule has 0 aliphatic rings. The minimum atomic E-state index is -1.31. The van der Waals surface area contributed by atoms with Crippen molar-refractivity contribution >= 4 is 11.9 Å². The molecule has 6 heteroatoms. The van der Waals surface area contributed by atoms with Crippen LogP contribution in [-0.2, 0) is 4.79 Å². The average molecular weight is 287 g/mol. The summed E-state index contributed by atoms with van der Waals surface area (Å²) in [5.74, 6) is -1.51. The fourth-order valence-electron chi connectivity index (χ4n) is 1.73. The van der Waals surface area contributed by atoms with Gasteiger partial charge in [0.2, 0.25) is 0 Å². The van der Waals surface area contributed by atoms with E-state index in [1.165, 1.54) is 13.8 Å². The van der Waals surface area contributed by atoms with E-state index in [0.717, 1.165) is 11.4 Å². The van der Waals surface area contributed by atoms with Crippen molar-refractivity contribution < 1.29 is 14.7 Å². The first kappa shape index (κ1) is 14.8. The normalized spacial score (nSPS) is 11.2. The lowest BCUT2D eigenvalue weighted by Crippen LogP contribution is -2.49. The van der Waals surface area contributed by atoms with Crippen molar-refractivity contribution in [3.05, 3.63) is 47.8 Å². The maximum absolute atomic E-state index is 12.0. The number of carboxylic acid groups (broad SMARTS) is 1. The van der Waals surface area contributed by atoms with E-state index in [1.54, 1.807) is 28.9 Å². The highest BCUT2D eigenvalue weighted by Crippen LogP contribution is 2.11. The Morgan fingerprint density at radius 1 is 1.19 bits per heavy atom. The van der Waals surface area contributed by atoms with E-state index < -0.39 is 17.4 Å². The van der Waals surface area contributed by atoms with E-state index in [2.05, 4.69) is 10.4 Å². The van der Waals surface area contributed by atoms with Gasteiger partial charge in [0.05, 0.1) is 11.4 Å². The third kappa shape index (κ3) is 3.28. The Balaban J connectivity index is 2.15. The predicted molar refractivity (Wildman–Crippen MR) is 77.5 cm³/mol. The van der Waals surface area contributed by atoms with Gasteiger partial charge in [-0.3, -0.25) is 4.79 Å². The Hall–Kier alpha value is -2.63. The number of aryl methyl sites for hydroxylation is 1. The zero-order valence-corrected chi connectivity index (χ0v) is 12.1. The fourth-order valence-corrected chi connectivity index (χ4v) is 1.73. The molecule has 6 nitrogen and oxygen atoms in total. The zero-order chi connectivity index (χ0) is 15.6. The molecule has 0 unspecified atom stereocenters. The lowest BCUT2D eigenvalue weighted by molar-refractivity contribution is -0.143. The maximum atomic E-state index is 12.0. The molecule has 2 N–H and O–H groups in total. The molecular weight excluding hydrogens is 270 g/mol. The number of hydrogen-bond acceptors (Lipinski definition) is 3. The zero-order valence-electron chi connectivity index (χ0n) is 12.1. The third-order valence-electron chi connectivity index (χ3n) is 3.08. The third-order valence-corrected chi connectivity index (χ3v) is 3.08. The first-order chi connectivity index (χ1) is 9.79. The van der Waals surface area contributed by atoms with Gasteiger partial charge in [0.15, 0.2) is 0 Å². The van der Waals surface area contributed by atoms with Crippen molar-refractivity contribution in [3.63, 3.8) is 0 Å². The van der Waals surface area contributed by atoms with Gasteiger partial charge in [-0.1, -0.05) is 0 Å². The van der Waals surface area contributed by atoms with Crippen LogP contribution < -0.4 is 5.32 Å². The number of hydrogen-bond donors (Lipinski definition) is 2. The Kier molecular flexibility index (Phi) is 3.80. The summed E-state index contributed by atoms with van der Waals surface area (Å²) in [6.07, 6.45) is 1.83. The maximum Gasteiger partial charge on any atom is 0.328 e. The molecule has 1 aromatic carbocycles. The van der Waals surface area contributed by atoms with Gasteiger partial charge in [0, 0.05) is 11.8 Å². The molecule has 0 bridgehead atoms. The minimum absolute atomic E-state index is 0.400. The van der Waals surface area contributed by atoms with E-state index in [-0.39, 0.29) is 0 Å². The van der Waals surface area contributed by atoms with Crippen molar-refractivity contribution in [2.45, 2.75) is 26.3 Å². The molecule has 1 amide bonds. The van der Waals surface area contributed by atoms with Crippen LogP contribution in [0.15, 0.2) is 36.5 Å². The first-order valence-corrected chi connectivity index (χ1v) is 6.48. The Labute approximate surface area is 122 Å². The van der Waals surface area contributed by atoms with Crippen LogP contribution in [0.25, 0.3) is 5.69 Å². The largest absolute Gasteiger partial charge is 0.480 e. The number of nitrogens with zero attached hydrogens (tertiary/aromatic N) is 2. The average Bonchev–Trinajstić information content (AvgIpc) is 2.85. The number of amides is 1. The minimum Gasteiger partial charge on any atom is -0.480 e. The van der Waals surface area contributed by atoms with Gasteiger partial charge in [0.1, 0.15) is 5.54 Å². The lowest BCUT2D eigenvalue weighted by Gasteiger charge is -2.21. The van der Waals surface area contributed by atoms with Crippen LogP contribution in [0, 0.1) is 6.92 Å². The SMILES string of the molecule is Cc1ccn(-c2ccc(C(=O)NC(C)(C)C(=O)O)cc2)n1. The van der Waals surface area contributed by atoms with Gasteiger partial charge in [-0.15, -0.1) is 0 Å². The van der Waals surface area contributed by atoms with E-state index in [4.69, 9.17) is 5.11 Å². The van der Waals surface area contributed by atoms with E-state index in [0.29, 0.717) is 5.56 Å². The molecule has 0 saturated heterocycles. The highest BCUT2D eigenvalue weighted by atomic mass is 16.4. The predicted octanol–water partition coefficient (Wildman–Crippen LogP) is 1.77. The summed E-state index contributed by atoms with van der Waals surface area (Å²) in [6, 6.07) is 8.68. The molecule has 0 saturated carbocycles. The molecule has 1 heterocycles. The van der Waals surface area contributed by atoms with Crippen molar-refractivity contribution in [1.29, 1.82) is 0 Å². The number of carboxylic acids is 1. The summed E-state index contributed by atoms with van der Waals surface area (Å²) in [5.41, 5.74) is 0.823. The highest BCUT2D eigenvalue weighted by Gasteiger charge is 2.29. The smallest absolute Gasteiger partial charge is 0.328 e. The summed E-state index contributed by atoms with van der Waals surface area (Å²) in [4.78, 5) is 23.0. The molecule has 0 aliphatic carbocycles. The number of aliphatic carboxylic acids is 1.